The van der Waals surface area contributed by atoms with Gasteiger partial charge in [-0.3, -0.25) is 4.79 Å². The van der Waals surface area contributed by atoms with Crippen molar-refractivity contribution < 1.29 is 9.59 Å². The third-order valence-corrected chi connectivity index (χ3v) is 7.15. The Morgan fingerprint density at radius 2 is 1.69 bits per heavy atom. The normalized spacial score (nSPS) is 17.9. The van der Waals surface area contributed by atoms with Crippen molar-refractivity contribution in [2.45, 2.75) is 64.0 Å². The molecular weight excluding hydrogens is 438 g/mol. The highest BCUT2D eigenvalue weighted by molar-refractivity contribution is 5.99. The Hall–Kier alpha value is -3.61. The molecular formula is C28H33N5O2. The summed E-state index contributed by atoms with van der Waals surface area (Å²) in [6.07, 6.45) is 9.98. The quantitative estimate of drug-likeness (QED) is 0.446. The van der Waals surface area contributed by atoms with E-state index in [0.29, 0.717) is 18.2 Å². The fourth-order valence-corrected chi connectivity index (χ4v) is 5.31. The van der Waals surface area contributed by atoms with Crippen molar-refractivity contribution in [1.82, 2.24) is 14.9 Å². The predicted molar refractivity (Wildman–Crippen MR) is 137 cm³/mol. The lowest BCUT2D eigenvalue weighted by Gasteiger charge is -2.27. The van der Waals surface area contributed by atoms with E-state index in [1.807, 2.05) is 60.8 Å². The van der Waals surface area contributed by atoms with Crippen LogP contribution in [0, 0.1) is 5.92 Å². The van der Waals surface area contributed by atoms with Crippen molar-refractivity contribution in [2.24, 2.45) is 5.92 Å². The van der Waals surface area contributed by atoms with Gasteiger partial charge in [0.05, 0.1) is 0 Å². The van der Waals surface area contributed by atoms with Crippen LogP contribution in [0.2, 0.25) is 0 Å². The number of nitrogens with one attached hydrogen (secondary N) is 3. The first-order valence-electron chi connectivity index (χ1n) is 12.7. The number of hydrogen-bond acceptors (Lipinski definition) is 3. The Labute approximate surface area is 206 Å². The van der Waals surface area contributed by atoms with Crippen molar-refractivity contribution in [2.75, 3.05) is 10.6 Å². The van der Waals surface area contributed by atoms with Gasteiger partial charge in [-0.05, 0) is 49.1 Å². The molecule has 2 heterocycles. The number of urea groups is 1. The topological polar surface area (TPSA) is 88.0 Å². The average molecular weight is 472 g/mol. The van der Waals surface area contributed by atoms with E-state index in [2.05, 4.69) is 20.5 Å². The highest BCUT2D eigenvalue weighted by Crippen LogP contribution is 2.34. The number of hydrogen-bond donors (Lipinski definition) is 3. The summed E-state index contributed by atoms with van der Waals surface area (Å²) in [5.41, 5.74) is 3.54. The van der Waals surface area contributed by atoms with Gasteiger partial charge in [-0.15, -0.1) is 0 Å². The van der Waals surface area contributed by atoms with Gasteiger partial charge >= 0.3 is 6.03 Å². The van der Waals surface area contributed by atoms with Gasteiger partial charge in [0.2, 0.25) is 5.91 Å². The van der Waals surface area contributed by atoms with E-state index >= 15 is 0 Å². The average Bonchev–Trinajstić information content (AvgIpc) is 3.32. The summed E-state index contributed by atoms with van der Waals surface area (Å²) in [6.45, 7) is 1.30. The van der Waals surface area contributed by atoms with Crippen LogP contribution >= 0.6 is 0 Å². The van der Waals surface area contributed by atoms with Gasteiger partial charge in [0, 0.05) is 54.6 Å². The van der Waals surface area contributed by atoms with Crippen molar-refractivity contribution in [3.05, 3.63) is 77.9 Å². The largest absolute Gasteiger partial charge is 0.352 e. The van der Waals surface area contributed by atoms with Crippen LogP contribution in [0.25, 0.3) is 0 Å². The van der Waals surface area contributed by atoms with Crippen LogP contribution in [-0.4, -0.2) is 21.5 Å². The zero-order valence-corrected chi connectivity index (χ0v) is 20.0. The number of carbonyl (C=O) groups is 2. The maximum absolute atomic E-state index is 12.9. The van der Waals surface area contributed by atoms with E-state index in [1.165, 1.54) is 43.6 Å². The highest BCUT2D eigenvalue weighted by atomic mass is 16.2. The maximum Gasteiger partial charge on any atom is 0.323 e. The molecule has 3 amide bonds. The van der Waals surface area contributed by atoms with E-state index in [-0.39, 0.29) is 17.9 Å². The molecule has 3 aromatic rings. The lowest BCUT2D eigenvalue weighted by Crippen LogP contribution is -2.35. The monoisotopic (exact) mass is 471 g/mol. The molecule has 2 aliphatic rings. The van der Waals surface area contributed by atoms with Crippen LogP contribution < -0.4 is 16.0 Å². The Morgan fingerprint density at radius 1 is 0.914 bits per heavy atom. The molecule has 1 saturated carbocycles. The summed E-state index contributed by atoms with van der Waals surface area (Å²) in [5, 5.41) is 8.75. The number of aromatic nitrogens is 2. The molecule has 1 aliphatic carbocycles. The SMILES string of the molecule is O=C(Nc1ccccc1)Nc1cccc(CNC(=O)C2CCn3c(cnc3C3CCCCC3)C2)c1. The van der Waals surface area contributed by atoms with E-state index in [9.17, 15) is 9.59 Å². The second-order valence-corrected chi connectivity index (χ2v) is 9.65. The number of carbonyl (C=O) groups excluding carboxylic acids is 2. The Balaban J connectivity index is 1.13. The van der Waals surface area contributed by atoms with Crippen molar-refractivity contribution in [1.29, 1.82) is 0 Å². The van der Waals surface area contributed by atoms with Gasteiger partial charge in [0.1, 0.15) is 5.82 Å². The molecule has 1 fully saturated rings. The summed E-state index contributed by atoms with van der Waals surface area (Å²) in [5.74, 6) is 1.87. The molecule has 0 saturated heterocycles. The molecule has 2 aromatic carbocycles. The molecule has 5 rings (SSSR count). The maximum atomic E-state index is 12.9. The van der Waals surface area contributed by atoms with Gasteiger partial charge in [-0.1, -0.05) is 49.6 Å². The summed E-state index contributed by atoms with van der Waals surface area (Å²) in [7, 11) is 0. The molecule has 1 aromatic heterocycles. The van der Waals surface area contributed by atoms with Crippen LogP contribution in [0.1, 0.15) is 61.5 Å². The van der Waals surface area contributed by atoms with E-state index in [1.54, 1.807) is 0 Å². The third kappa shape index (κ3) is 5.73. The van der Waals surface area contributed by atoms with E-state index in [0.717, 1.165) is 30.6 Å². The minimum absolute atomic E-state index is 0.0311. The first-order chi connectivity index (χ1) is 17.2. The molecule has 0 spiro atoms. The van der Waals surface area contributed by atoms with E-state index < -0.39 is 0 Å². The second kappa shape index (κ2) is 10.8. The smallest absolute Gasteiger partial charge is 0.323 e. The number of nitrogens with zero attached hydrogens (tertiary/aromatic N) is 2. The van der Waals surface area contributed by atoms with Crippen LogP contribution in [0.15, 0.2) is 60.8 Å². The van der Waals surface area contributed by atoms with Gasteiger partial charge in [0.15, 0.2) is 0 Å². The zero-order chi connectivity index (χ0) is 24.0. The van der Waals surface area contributed by atoms with Crippen LogP contribution in [0.3, 0.4) is 0 Å². The zero-order valence-electron chi connectivity index (χ0n) is 20.0. The minimum Gasteiger partial charge on any atom is -0.352 e. The van der Waals surface area contributed by atoms with E-state index in [4.69, 9.17) is 4.98 Å². The molecule has 7 heteroatoms. The van der Waals surface area contributed by atoms with Gasteiger partial charge in [0.25, 0.3) is 0 Å². The number of rotatable bonds is 6. The molecule has 1 atom stereocenters. The Kier molecular flexibility index (Phi) is 7.12. The van der Waals surface area contributed by atoms with Crippen LogP contribution in [0.4, 0.5) is 16.2 Å². The van der Waals surface area contributed by atoms with Gasteiger partial charge in [-0.2, -0.15) is 0 Å². The number of amides is 3. The summed E-state index contributed by atoms with van der Waals surface area (Å²) in [4.78, 5) is 30.0. The molecule has 182 valence electrons. The number of para-hydroxylation sites is 1. The van der Waals surface area contributed by atoms with Crippen molar-refractivity contribution in [3.63, 3.8) is 0 Å². The van der Waals surface area contributed by atoms with Crippen molar-refractivity contribution >= 4 is 23.3 Å². The van der Waals surface area contributed by atoms with Gasteiger partial charge in [-0.25, -0.2) is 9.78 Å². The highest BCUT2D eigenvalue weighted by Gasteiger charge is 2.29. The Bertz CT molecular complexity index is 1170. The standard InChI is InChI=1S/C28H33N5O2/c34-27(22-14-15-33-25(17-22)19-29-26(33)21-9-3-1-4-10-21)30-18-20-8-7-13-24(16-20)32-28(35)31-23-11-5-2-6-12-23/h2,5-8,11-13,16,19,21-22H,1,3-4,9-10,14-15,17-18H2,(H,30,34)(H2,31,32,35). The van der Waals surface area contributed by atoms with Crippen molar-refractivity contribution in [3.8, 4) is 0 Å². The summed E-state index contributed by atoms with van der Waals surface area (Å²) >= 11 is 0. The number of fused-ring (bicyclic) bond motifs is 1. The number of imidazole rings is 1. The first kappa shape index (κ1) is 23.1. The molecule has 1 aliphatic heterocycles. The lowest BCUT2D eigenvalue weighted by atomic mass is 9.88. The summed E-state index contributed by atoms with van der Waals surface area (Å²) < 4.78 is 2.37. The number of benzene rings is 2. The Morgan fingerprint density at radius 3 is 2.51 bits per heavy atom. The molecule has 3 N–H and O–H groups in total. The van der Waals surface area contributed by atoms with Crippen LogP contribution in [-0.2, 0) is 24.3 Å². The molecule has 1 unspecified atom stereocenters. The molecule has 0 bridgehead atoms. The fourth-order valence-electron chi connectivity index (χ4n) is 5.31. The summed E-state index contributed by atoms with van der Waals surface area (Å²) in [6, 6.07) is 16.6. The minimum atomic E-state index is -0.302. The molecule has 0 radical (unpaired) electrons. The van der Waals surface area contributed by atoms with Crippen LogP contribution in [0.5, 0.6) is 0 Å². The van der Waals surface area contributed by atoms with Gasteiger partial charge < -0.3 is 20.5 Å². The fraction of sp³-hybridized carbons (Fsp3) is 0.393. The third-order valence-electron chi connectivity index (χ3n) is 7.15. The number of anilines is 2. The molecule has 35 heavy (non-hydrogen) atoms. The predicted octanol–water partition coefficient (Wildman–Crippen LogP) is 5.45. The lowest BCUT2D eigenvalue weighted by molar-refractivity contribution is -0.125. The molecule has 7 nitrogen and oxygen atoms in total. The first-order valence-corrected chi connectivity index (χ1v) is 12.7. The second-order valence-electron chi connectivity index (χ2n) is 9.65.